The first-order valence-electron chi connectivity index (χ1n) is 8.42. The summed E-state index contributed by atoms with van der Waals surface area (Å²) in [7, 11) is -3.52. The van der Waals surface area contributed by atoms with Crippen LogP contribution in [-0.2, 0) is 10.0 Å². The Balaban J connectivity index is 2.03. The second-order valence-electron chi connectivity index (χ2n) is 6.67. The van der Waals surface area contributed by atoms with Crippen molar-refractivity contribution in [2.24, 2.45) is 0 Å². The molecule has 1 N–H and O–H groups in total. The van der Waals surface area contributed by atoms with Gasteiger partial charge in [0.2, 0.25) is 10.0 Å². The number of carboxylic acid groups (broad SMARTS) is 1. The van der Waals surface area contributed by atoms with Crippen LogP contribution in [-0.4, -0.2) is 32.3 Å². The van der Waals surface area contributed by atoms with Gasteiger partial charge in [0.1, 0.15) is 22.7 Å². The van der Waals surface area contributed by atoms with E-state index in [2.05, 4.69) is 6.58 Å². The molecule has 0 radical (unpaired) electrons. The molecule has 1 aliphatic heterocycles. The maximum atomic E-state index is 13.2. The van der Waals surface area contributed by atoms with E-state index in [-0.39, 0.29) is 23.5 Å². The standard InChI is InChI=1S/C20H16FNO5S/c1-11-7-8-22(28(2,25)26)16-10-17-15(9-14(11)16)18(20(23)24)19(27-17)12-3-5-13(21)6-4-12/h3-6,9-10H,1,7-8H2,2H3,(H,23,24). The van der Waals surface area contributed by atoms with Crippen molar-refractivity contribution in [3.8, 4) is 11.3 Å². The van der Waals surface area contributed by atoms with Crippen molar-refractivity contribution >= 4 is 38.2 Å². The van der Waals surface area contributed by atoms with Crippen LogP contribution in [0.3, 0.4) is 0 Å². The van der Waals surface area contributed by atoms with Gasteiger partial charge in [-0.3, -0.25) is 4.31 Å². The van der Waals surface area contributed by atoms with Crippen molar-refractivity contribution in [2.75, 3.05) is 17.1 Å². The Morgan fingerprint density at radius 2 is 1.93 bits per heavy atom. The number of fused-ring (bicyclic) bond motifs is 2. The topological polar surface area (TPSA) is 87.8 Å². The number of rotatable bonds is 3. The van der Waals surface area contributed by atoms with Crippen LogP contribution in [0.5, 0.6) is 0 Å². The lowest BCUT2D eigenvalue weighted by Crippen LogP contribution is -2.34. The average molecular weight is 401 g/mol. The summed E-state index contributed by atoms with van der Waals surface area (Å²) in [6, 6.07) is 8.42. The van der Waals surface area contributed by atoms with Gasteiger partial charge in [0.25, 0.3) is 0 Å². The van der Waals surface area contributed by atoms with E-state index in [9.17, 15) is 22.7 Å². The smallest absolute Gasteiger partial charge is 0.340 e. The van der Waals surface area contributed by atoms with Gasteiger partial charge in [-0.05, 0) is 42.3 Å². The van der Waals surface area contributed by atoms with Crippen molar-refractivity contribution in [3.05, 3.63) is 59.9 Å². The molecule has 0 aliphatic carbocycles. The van der Waals surface area contributed by atoms with E-state index >= 15 is 0 Å². The molecule has 8 heteroatoms. The van der Waals surface area contributed by atoms with Crippen LogP contribution in [0.25, 0.3) is 27.9 Å². The Morgan fingerprint density at radius 1 is 1.25 bits per heavy atom. The highest BCUT2D eigenvalue weighted by Gasteiger charge is 2.29. The van der Waals surface area contributed by atoms with E-state index < -0.39 is 21.8 Å². The van der Waals surface area contributed by atoms with Crippen LogP contribution in [0.4, 0.5) is 10.1 Å². The zero-order valence-corrected chi connectivity index (χ0v) is 15.7. The Bertz CT molecular complexity index is 1240. The Hall–Kier alpha value is -3.13. The van der Waals surface area contributed by atoms with Gasteiger partial charge in [0.15, 0.2) is 0 Å². The first-order chi connectivity index (χ1) is 13.2. The van der Waals surface area contributed by atoms with E-state index in [1.54, 1.807) is 6.07 Å². The van der Waals surface area contributed by atoms with Gasteiger partial charge in [-0.25, -0.2) is 17.6 Å². The van der Waals surface area contributed by atoms with E-state index in [0.29, 0.717) is 28.6 Å². The molecule has 1 aromatic heterocycles. The second kappa shape index (κ2) is 6.20. The number of carboxylic acids is 1. The van der Waals surface area contributed by atoms with E-state index in [0.717, 1.165) is 11.8 Å². The number of hydrogen-bond donors (Lipinski definition) is 1. The first-order valence-corrected chi connectivity index (χ1v) is 10.3. The van der Waals surface area contributed by atoms with Gasteiger partial charge in [0, 0.05) is 29.1 Å². The summed E-state index contributed by atoms with van der Waals surface area (Å²) >= 11 is 0. The maximum absolute atomic E-state index is 13.2. The Labute approximate surface area is 160 Å². The van der Waals surface area contributed by atoms with Crippen LogP contribution in [0.15, 0.2) is 47.4 Å². The van der Waals surface area contributed by atoms with Crippen LogP contribution < -0.4 is 4.31 Å². The molecule has 0 bridgehead atoms. The minimum atomic E-state index is -3.52. The summed E-state index contributed by atoms with van der Waals surface area (Å²) in [4.78, 5) is 11.9. The van der Waals surface area contributed by atoms with Gasteiger partial charge in [0.05, 0.1) is 11.9 Å². The molecule has 3 aromatic rings. The summed E-state index contributed by atoms with van der Waals surface area (Å²) < 4.78 is 44.6. The van der Waals surface area contributed by atoms with Crippen molar-refractivity contribution in [1.29, 1.82) is 0 Å². The molecule has 4 rings (SSSR count). The molecule has 2 aromatic carbocycles. The highest BCUT2D eigenvalue weighted by Crippen LogP contribution is 2.42. The number of anilines is 1. The summed E-state index contributed by atoms with van der Waals surface area (Å²) in [5.41, 5.74) is 2.28. The van der Waals surface area contributed by atoms with Crippen LogP contribution >= 0.6 is 0 Å². The van der Waals surface area contributed by atoms with Gasteiger partial charge in [-0.1, -0.05) is 6.58 Å². The van der Waals surface area contributed by atoms with Crippen LogP contribution in [0, 0.1) is 5.82 Å². The van der Waals surface area contributed by atoms with E-state index in [1.807, 2.05) is 0 Å². The lowest BCUT2D eigenvalue weighted by atomic mass is 9.95. The number of carbonyl (C=O) groups is 1. The monoisotopic (exact) mass is 401 g/mol. The quantitative estimate of drug-likeness (QED) is 0.713. The highest BCUT2D eigenvalue weighted by atomic mass is 32.2. The molecule has 0 saturated heterocycles. The van der Waals surface area contributed by atoms with Gasteiger partial charge >= 0.3 is 5.97 Å². The molecule has 6 nitrogen and oxygen atoms in total. The van der Waals surface area contributed by atoms with Gasteiger partial charge in [-0.2, -0.15) is 0 Å². The number of halogens is 1. The first kappa shape index (κ1) is 18.2. The van der Waals surface area contributed by atoms with Crippen molar-refractivity contribution in [3.63, 3.8) is 0 Å². The van der Waals surface area contributed by atoms with Crippen LogP contribution in [0.1, 0.15) is 22.3 Å². The summed E-state index contributed by atoms with van der Waals surface area (Å²) in [6.45, 7) is 4.24. The predicted molar refractivity (Wildman–Crippen MR) is 104 cm³/mol. The number of aromatic carboxylic acids is 1. The Morgan fingerprint density at radius 3 is 2.54 bits per heavy atom. The van der Waals surface area contributed by atoms with Crippen LogP contribution in [0.2, 0.25) is 0 Å². The number of benzene rings is 2. The molecule has 0 saturated carbocycles. The summed E-state index contributed by atoms with van der Waals surface area (Å²) in [5.74, 6) is -1.56. The largest absolute Gasteiger partial charge is 0.478 e. The number of nitrogens with zero attached hydrogens (tertiary/aromatic N) is 1. The maximum Gasteiger partial charge on any atom is 0.340 e. The fourth-order valence-electron chi connectivity index (χ4n) is 3.47. The molecule has 0 atom stereocenters. The summed E-state index contributed by atoms with van der Waals surface area (Å²) in [6.07, 6.45) is 1.56. The van der Waals surface area contributed by atoms with E-state index in [1.165, 1.54) is 34.6 Å². The number of hydrogen-bond acceptors (Lipinski definition) is 4. The predicted octanol–water partition coefficient (Wildman–Crippen LogP) is 4.12. The third-order valence-corrected chi connectivity index (χ3v) is 5.97. The minimum absolute atomic E-state index is 0.0614. The zero-order chi connectivity index (χ0) is 20.2. The minimum Gasteiger partial charge on any atom is -0.478 e. The second-order valence-corrected chi connectivity index (χ2v) is 8.58. The molecule has 0 amide bonds. The number of sulfonamides is 1. The Kier molecular flexibility index (Phi) is 4.04. The molecular formula is C20H16FNO5S. The van der Waals surface area contributed by atoms with Gasteiger partial charge in [-0.15, -0.1) is 0 Å². The molecule has 0 unspecified atom stereocenters. The van der Waals surface area contributed by atoms with Crippen molar-refractivity contribution in [1.82, 2.24) is 0 Å². The SMILES string of the molecule is C=C1CCN(S(C)(=O)=O)c2cc3oc(-c4ccc(F)cc4)c(C(=O)O)c3cc21. The molecule has 144 valence electrons. The van der Waals surface area contributed by atoms with Gasteiger partial charge < -0.3 is 9.52 Å². The van der Waals surface area contributed by atoms with Crippen molar-refractivity contribution in [2.45, 2.75) is 6.42 Å². The highest BCUT2D eigenvalue weighted by molar-refractivity contribution is 7.92. The molecular weight excluding hydrogens is 385 g/mol. The molecule has 2 heterocycles. The van der Waals surface area contributed by atoms with Crippen molar-refractivity contribution < 1.29 is 27.1 Å². The van der Waals surface area contributed by atoms with E-state index in [4.69, 9.17) is 4.42 Å². The summed E-state index contributed by atoms with van der Waals surface area (Å²) in [5, 5.41) is 10.1. The molecule has 28 heavy (non-hydrogen) atoms. The normalized spacial score (nSPS) is 14.4. The lowest BCUT2D eigenvalue weighted by Gasteiger charge is -2.30. The average Bonchev–Trinajstić information content (AvgIpc) is 2.98. The third kappa shape index (κ3) is 2.86. The zero-order valence-electron chi connectivity index (χ0n) is 14.9. The number of furan rings is 1. The third-order valence-electron chi connectivity index (χ3n) is 4.79. The molecule has 0 fully saturated rings. The molecule has 1 aliphatic rings. The fraction of sp³-hybridized carbons (Fsp3) is 0.150. The molecule has 0 spiro atoms. The lowest BCUT2D eigenvalue weighted by molar-refractivity contribution is 0.0699. The fourth-order valence-corrected chi connectivity index (χ4v) is 4.41.